The molecule has 1 atom stereocenters. The molecule has 5 heteroatoms. The predicted molar refractivity (Wildman–Crippen MR) is 73.2 cm³/mol. The number of ether oxygens (including phenoxy) is 1. The highest BCUT2D eigenvalue weighted by atomic mass is 16.5. The lowest BCUT2D eigenvalue weighted by Crippen LogP contribution is -2.42. The Labute approximate surface area is 114 Å². The lowest BCUT2D eigenvalue weighted by atomic mass is 10.3. The van der Waals surface area contributed by atoms with E-state index in [0.717, 1.165) is 18.5 Å². The molecule has 1 saturated heterocycles. The van der Waals surface area contributed by atoms with Crippen molar-refractivity contribution in [2.75, 3.05) is 13.1 Å². The van der Waals surface area contributed by atoms with Crippen LogP contribution in [0.1, 0.15) is 25.8 Å². The standard InChI is InChI=1S/C14H21N3O2/c1-10(2)16-14(18)17-7-6-12(9-17)19-13-5-4-11(3)8-15-13/h4-5,8,10,12H,6-7,9H2,1-3H3,(H,16,18). The number of rotatable bonds is 3. The Bertz CT molecular complexity index is 431. The molecule has 104 valence electrons. The zero-order valence-electron chi connectivity index (χ0n) is 11.7. The summed E-state index contributed by atoms with van der Waals surface area (Å²) in [7, 11) is 0. The fourth-order valence-corrected chi connectivity index (χ4v) is 2.04. The molecule has 1 aliphatic heterocycles. The van der Waals surface area contributed by atoms with Crippen LogP contribution in [0.15, 0.2) is 18.3 Å². The number of hydrogen-bond donors (Lipinski definition) is 1. The molecule has 0 aliphatic carbocycles. The van der Waals surface area contributed by atoms with E-state index >= 15 is 0 Å². The number of amides is 2. The Morgan fingerprint density at radius 1 is 1.53 bits per heavy atom. The molecule has 1 N–H and O–H groups in total. The first kappa shape index (κ1) is 13.6. The van der Waals surface area contributed by atoms with Crippen LogP contribution in [0.4, 0.5) is 4.79 Å². The van der Waals surface area contributed by atoms with Gasteiger partial charge < -0.3 is 15.0 Å². The molecular weight excluding hydrogens is 242 g/mol. The van der Waals surface area contributed by atoms with Crippen molar-refractivity contribution in [2.45, 2.75) is 39.3 Å². The minimum absolute atomic E-state index is 0.0158. The van der Waals surface area contributed by atoms with Crippen LogP contribution >= 0.6 is 0 Å². The van der Waals surface area contributed by atoms with Crippen LogP contribution in [-0.4, -0.2) is 41.2 Å². The monoisotopic (exact) mass is 263 g/mol. The topological polar surface area (TPSA) is 54.5 Å². The molecule has 1 unspecified atom stereocenters. The van der Waals surface area contributed by atoms with Gasteiger partial charge in [-0.3, -0.25) is 0 Å². The maximum absolute atomic E-state index is 11.8. The zero-order chi connectivity index (χ0) is 13.8. The summed E-state index contributed by atoms with van der Waals surface area (Å²) in [6.45, 7) is 7.25. The van der Waals surface area contributed by atoms with Crippen LogP contribution in [-0.2, 0) is 0 Å². The van der Waals surface area contributed by atoms with Crippen LogP contribution in [0.5, 0.6) is 5.88 Å². The molecule has 1 fully saturated rings. The van der Waals surface area contributed by atoms with Gasteiger partial charge in [-0.2, -0.15) is 0 Å². The van der Waals surface area contributed by atoms with E-state index < -0.39 is 0 Å². The van der Waals surface area contributed by atoms with Gasteiger partial charge in [-0.15, -0.1) is 0 Å². The minimum Gasteiger partial charge on any atom is -0.472 e. The highest BCUT2D eigenvalue weighted by Gasteiger charge is 2.27. The summed E-state index contributed by atoms with van der Waals surface area (Å²) in [5.74, 6) is 0.627. The Morgan fingerprint density at radius 3 is 2.95 bits per heavy atom. The van der Waals surface area contributed by atoms with E-state index in [1.807, 2.05) is 32.9 Å². The van der Waals surface area contributed by atoms with Gasteiger partial charge in [-0.25, -0.2) is 9.78 Å². The number of urea groups is 1. The second kappa shape index (κ2) is 5.91. The second-order valence-corrected chi connectivity index (χ2v) is 5.25. The number of likely N-dealkylation sites (tertiary alicyclic amines) is 1. The average Bonchev–Trinajstić information content (AvgIpc) is 2.80. The molecule has 2 heterocycles. The van der Waals surface area contributed by atoms with Gasteiger partial charge in [0.1, 0.15) is 6.10 Å². The molecule has 1 aromatic heterocycles. The molecule has 0 saturated carbocycles. The minimum atomic E-state index is -0.0158. The van der Waals surface area contributed by atoms with Crippen molar-refractivity contribution in [3.05, 3.63) is 23.9 Å². The zero-order valence-corrected chi connectivity index (χ0v) is 11.7. The molecule has 1 aromatic rings. The van der Waals surface area contributed by atoms with Crippen molar-refractivity contribution in [1.29, 1.82) is 0 Å². The van der Waals surface area contributed by atoms with Crippen molar-refractivity contribution >= 4 is 6.03 Å². The molecule has 19 heavy (non-hydrogen) atoms. The molecule has 5 nitrogen and oxygen atoms in total. The molecular formula is C14H21N3O2. The van der Waals surface area contributed by atoms with Gasteiger partial charge in [0.25, 0.3) is 0 Å². The quantitative estimate of drug-likeness (QED) is 0.907. The molecule has 1 aliphatic rings. The van der Waals surface area contributed by atoms with Crippen LogP contribution in [0, 0.1) is 6.92 Å². The maximum Gasteiger partial charge on any atom is 0.317 e. The second-order valence-electron chi connectivity index (χ2n) is 5.25. The number of aromatic nitrogens is 1. The van der Waals surface area contributed by atoms with Gasteiger partial charge in [-0.1, -0.05) is 6.07 Å². The Balaban J connectivity index is 1.85. The number of hydrogen-bond acceptors (Lipinski definition) is 3. The lowest BCUT2D eigenvalue weighted by molar-refractivity contribution is 0.181. The van der Waals surface area contributed by atoms with E-state index in [4.69, 9.17) is 4.74 Å². The Hall–Kier alpha value is -1.78. The van der Waals surface area contributed by atoms with E-state index in [1.54, 1.807) is 11.1 Å². The number of nitrogens with zero attached hydrogens (tertiary/aromatic N) is 2. The lowest BCUT2D eigenvalue weighted by Gasteiger charge is -2.19. The first-order chi connectivity index (χ1) is 9.04. The summed E-state index contributed by atoms with van der Waals surface area (Å²) < 4.78 is 5.78. The molecule has 2 rings (SSSR count). The van der Waals surface area contributed by atoms with E-state index in [9.17, 15) is 4.79 Å². The van der Waals surface area contributed by atoms with Crippen molar-refractivity contribution < 1.29 is 9.53 Å². The number of aryl methyl sites for hydroxylation is 1. The fraction of sp³-hybridized carbons (Fsp3) is 0.571. The van der Waals surface area contributed by atoms with Gasteiger partial charge >= 0.3 is 6.03 Å². The van der Waals surface area contributed by atoms with Crippen LogP contribution in [0.25, 0.3) is 0 Å². The molecule has 0 radical (unpaired) electrons. The number of carbonyl (C=O) groups excluding carboxylic acids is 1. The number of pyridine rings is 1. The third kappa shape index (κ3) is 3.84. The first-order valence-corrected chi connectivity index (χ1v) is 6.69. The molecule has 0 bridgehead atoms. The summed E-state index contributed by atoms with van der Waals surface area (Å²) in [4.78, 5) is 17.9. The predicted octanol–water partition coefficient (Wildman–Crippen LogP) is 1.96. The van der Waals surface area contributed by atoms with Gasteiger partial charge in [0, 0.05) is 31.3 Å². The number of carbonyl (C=O) groups is 1. The van der Waals surface area contributed by atoms with Gasteiger partial charge in [0.05, 0.1) is 6.54 Å². The van der Waals surface area contributed by atoms with E-state index in [0.29, 0.717) is 12.4 Å². The Kier molecular flexibility index (Phi) is 4.24. The average molecular weight is 263 g/mol. The molecule has 0 spiro atoms. The summed E-state index contributed by atoms with van der Waals surface area (Å²) in [6, 6.07) is 3.98. The van der Waals surface area contributed by atoms with E-state index in [-0.39, 0.29) is 18.2 Å². The van der Waals surface area contributed by atoms with E-state index in [2.05, 4.69) is 10.3 Å². The third-order valence-corrected chi connectivity index (χ3v) is 3.02. The number of nitrogens with one attached hydrogen (secondary N) is 1. The van der Waals surface area contributed by atoms with E-state index in [1.165, 1.54) is 0 Å². The summed E-state index contributed by atoms with van der Waals surface area (Å²) in [5.41, 5.74) is 1.11. The summed E-state index contributed by atoms with van der Waals surface area (Å²) >= 11 is 0. The fourth-order valence-electron chi connectivity index (χ4n) is 2.04. The molecule has 0 aromatic carbocycles. The van der Waals surface area contributed by atoms with Crippen molar-refractivity contribution in [1.82, 2.24) is 15.2 Å². The maximum atomic E-state index is 11.8. The van der Waals surface area contributed by atoms with Gasteiger partial charge in [0.2, 0.25) is 5.88 Å². The van der Waals surface area contributed by atoms with Crippen LogP contribution < -0.4 is 10.1 Å². The molecule has 2 amide bonds. The van der Waals surface area contributed by atoms with Crippen molar-refractivity contribution in [3.63, 3.8) is 0 Å². The smallest absolute Gasteiger partial charge is 0.317 e. The van der Waals surface area contributed by atoms with Crippen LogP contribution in [0.3, 0.4) is 0 Å². The van der Waals surface area contributed by atoms with Gasteiger partial charge in [0.15, 0.2) is 0 Å². The third-order valence-electron chi connectivity index (χ3n) is 3.02. The van der Waals surface area contributed by atoms with Crippen LogP contribution in [0.2, 0.25) is 0 Å². The first-order valence-electron chi connectivity index (χ1n) is 6.69. The summed E-state index contributed by atoms with van der Waals surface area (Å²) in [6.07, 6.45) is 2.67. The normalized spacial score (nSPS) is 18.7. The summed E-state index contributed by atoms with van der Waals surface area (Å²) in [5, 5.41) is 2.89. The van der Waals surface area contributed by atoms with Crippen molar-refractivity contribution in [3.8, 4) is 5.88 Å². The van der Waals surface area contributed by atoms with Crippen molar-refractivity contribution in [2.24, 2.45) is 0 Å². The van der Waals surface area contributed by atoms with Gasteiger partial charge in [-0.05, 0) is 26.3 Å². The largest absolute Gasteiger partial charge is 0.472 e. The Morgan fingerprint density at radius 2 is 2.32 bits per heavy atom. The highest BCUT2D eigenvalue weighted by molar-refractivity contribution is 5.74. The highest BCUT2D eigenvalue weighted by Crippen LogP contribution is 2.16. The SMILES string of the molecule is Cc1ccc(OC2CCN(C(=O)NC(C)C)C2)nc1.